The second kappa shape index (κ2) is 3.31. The van der Waals surface area contributed by atoms with Gasteiger partial charge < -0.3 is 0 Å². The molecule has 0 aromatic carbocycles. The van der Waals surface area contributed by atoms with Crippen LogP contribution in [0.5, 0.6) is 0 Å². The molecule has 1 rings (SSSR count). The van der Waals surface area contributed by atoms with Gasteiger partial charge in [0, 0.05) is 12.4 Å². The number of aromatic nitrogens is 2. The van der Waals surface area contributed by atoms with Crippen molar-refractivity contribution < 1.29 is 4.79 Å². The molecule has 1 aromatic rings. The van der Waals surface area contributed by atoms with Crippen LogP contribution in [0.25, 0.3) is 0 Å². The lowest BCUT2D eigenvalue weighted by molar-refractivity contribution is 0.112. The molecule has 0 saturated carbocycles. The summed E-state index contributed by atoms with van der Waals surface area (Å²) in [6.45, 7) is 0. The fourth-order valence-corrected chi connectivity index (χ4v) is 0.671. The number of thiol groups is 1. The van der Waals surface area contributed by atoms with Crippen molar-refractivity contribution >= 4 is 18.9 Å². The predicted molar refractivity (Wildman–Crippen MR) is 40.1 cm³/mol. The van der Waals surface area contributed by atoms with Crippen LogP contribution in [0.4, 0.5) is 0 Å². The molecule has 0 fully saturated rings. The first-order valence-electron chi connectivity index (χ1n) is 2.74. The molecule has 10 heavy (non-hydrogen) atoms. The summed E-state index contributed by atoms with van der Waals surface area (Å²) in [6.07, 6.45) is 3.67. The fraction of sp³-hybridized carbons (Fsp3) is 0.167. The minimum absolute atomic E-state index is 0.491. The maximum atomic E-state index is 10.1. The van der Waals surface area contributed by atoms with Crippen LogP contribution in [0.2, 0.25) is 0 Å². The van der Waals surface area contributed by atoms with E-state index in [1.54, 1.807) is 0 Å². The van der Waals surface area contributed by atoms with Crippen molar-refractivity contribution in [1.29, 1.82) is 0 Å². The van der Waals surface area contributed by atoms with E-state index in [4.69, 9.17) is 0 Å². The van der Waals surface area contributed by atoms with Crippen LogP contribution < -0.4 is 0 Å². The van der Waals surface area contributed by atoms with Crippen LogP contribution in [0.1, 0.15) is 16.2 Å². The predicted octanol–water partition coefficient (Wildman–Crippen LogP) is 0.719. The zero-order valence-electron chi connectivity index (χ0n) is 5.19. The molecular formula is C6H6N2OS. The summed E-state index contributed by atoms with van der Waals surface area (Å²) < 4.78 is 0. The monoisotopic (exact) mass is 154 g/mol. The Balaban J connectivity index is 2.90. The Morgan fingerprint density at radius 3 is 2.50 bits per heavy atom. The van der Waals surface area contributed by atoms with Gasteiger partial charge >= 0.3 is 0 Å². The molecular weight excluding hydrogens is 148 g/mol. The Morgan fingerprint density at radius 1 is 1.50 bits per heavy atom. The Bertz CT molecular complexity index is 222. The highest BCUT2D eigenvalue weighted by atomic mass is 32.1. The quantitative estimate of drug-likeness (QED) is 0.504. The van der Waals surface area contributed by atoms with Gasteiger partial charge in [0.2, 0.25) is 0 Å². The second-order valence-corrected chi connectivity index (χ2v) is 2.02. The molecule has 1 heterocycles. The van der Waals surface area contributed by atoms with Crippen LogP contribution >= 0.6 is 12.6 Å². The molecule has 0 N–H and O–H groups in total. The van der Waals surface area contributed by atoms with E-state index in [9.17, 15) is 4.79 Å². The molecule has 0 unspecified atom stereocenters. The third kappa shape index (κ3) is 1.54. The van der Waals surface area contributed by atoms with Crippen molar-refractivity contribution in [1.82, 2.24) is 9.97 Å². The SMILES string of the molecule is O=Cc1cnc(CS)nc1. The summed E-state index contributed by atoms with van der Waals surface area (Å²) in [4.78, 5) is 17.8. The van der Waals surface area contributed by atoms with Crippen LogP contribution in [-0.2, 0) is 5.75 Å². The minimum Gasteiger partial charge on any atom is -0.298 e. The summed E-state index contributed by atoms with van der Waals surface area (Å²) in [5.41, 5.74) is 0.491. The molecule has 0 spiro atoms. The van der Waals surface area contributed by atoms with Gasteiger partial charge in [0.1, 0.15) is 5.82 Å². The van der Waals surface area contributed by atoms with E-state index in [1.165, 1.54) is 12.4 Å². The first-order chi connectivity index (χ1) is 4.86. The van der Waals surface area contributed by atoms with Crippen LogP contribution in [0.3, 0.4) is 0 Å². The standard InChI is InChI=1S/C6H6N2OS/c9-3-5-1-7-6(4-10)8-2-5/h1-3,10H,4H2. The van der Waals surface area contributed by atoms with E-state index in [-0.39, 0.29) is 0 Å². The van der Waals surface area contributed by atoms with Crippen molar-refractivity contribution in [3.8, 4) is 0 Å². The zero-order chi connectivity index (χ0) is 7.40. The first kappa shape index (κ1) is 7.21. The average Bonchev–Trinajstić information content (AvgIpc) is 2.05. The Labute approximate surface area is 63.9 Å². The summed E-state index contributed by atoms with van der Waals surface area (Å²) in [5.74, 6) is 1.13. The molecule has 0 aliphatic heterocycles. The number of hydrogen-bond donors (Lipinski definition) is 1. The normalized spacial score (nSPS) is 9.30. The zero-order valence-corrected chi connectivity index (χ0v) is 6.08. The van der Waals surface area contributed by atoms with E-state index in [2.05, 4.69) is 22.6 Å². The van der Waals surface area contributed by atoms with Gasteiger partial charge in [-0.05, 0) is 0 Å². The average molecular weight is 154 g/mol. The molecule has 4 heteroatoms. The molecule has 0 saturated heterocycles. The van der Waals surface area contributed by atoms with Gasteiger partial charge in [-0.1, -0.05) is 0 Å². The van der Waals surface area contributed by atoms with Gasteiger partial charge in [-0.25, -0.2) is 9.97 Å². The van der Waals surface area contributed by atoms with Crippen molar-refractivity contribution in [3.63, 3.8) is 0 Å². The number of hydrogen-bond acceptors (Lipinski definition) is 4. The van der Waals surface area contributed by atoms with Crippen LogP contribution in [0, 0.1) is 0 Å². The number of carbonyl (C=O) groups excluding carboxylic acids is 1. The topological polar surface area (TPSA) is 42.9 Å². The van der Waals surface area contributed by atoms with Gasteiger partial charge in [-0.2, -0.15) is 12.6 Å². The van der Waals surface area contributed by atoms with Crippen LogP contribution in [0.15, 0.2) is 12.4 Å². The molecule has 0 radical (unpaired) electrons. The van der Waals surface area contributed by atoms with Crippen molar-refractivity contribution in [3.05, 3.63) is 23.8 Å². The molecule has 0 aliphatic rings. The minimum atomic E-state index is 0.491. The highest BCUT2D eigenvalue weighted by molar-refractivity contribution is 7.79. The summed E-state index contributed by atoms with van der Waals surface area (Å²) in [6, 6.07) is 0. The lowest BCUT2D eigenvalue weighted by Crippen LogP contribution is -1.91. The van der Waals surface area contributed by atoms with E-state index in [0.29, 0.717) is 23.4 Å². The number of carbonyl (C=O) groups is 1. The van der Waals surface area contributed by atoms with Crippen molar-refractivity contribution in [2.45, 2.75) is 5.75 Å². The Morgan fingerprint density at radius 2 is 2.10 bits per heavy atom. The fourth-order valence-electron chi connectivity index (χ4n) is 0.507. The van der Waals surface area contributed by atoms with Gasteiger partial charge in [0.25, 0.3) is 0 Å². The number of nitrogens with zero attached hydrogens (tertiary/aromatic N) is 2. The molecule has 3 nitrogen and oxygen atoms in total. The highest BCUT2D eigenvalue weighted by Crippen LogP contribution is 1.94. The van der Waals surface area contributed by atoms with Crippen LogP contribution in [-0.4, -0.2) is 16.3 Å². The van der Waals surface area contributed by atoms with E-state index < -0.39 is 0 Å². The maximum absolute atomic E-state index is 10.1. The molecule has 0 bridgehead atoms. The highest BCUT2D eigenvalue weighted by Gasteiger charge is 1.92. The van der Waals surface area contributed by atoms with E-state index >= 15 is 0 Å². The maximum Gasteiger partial charge on any atom is 0.153 e. The van der Waals surface area contributed by atoms with Crippen molar-refractivity contribution in [2.24, 2.45) is 0 Å². The lowest BCUT2D eigenvalue weighted by Gasteiger charge is -1.91. The first-order valence-corrected chi connectivity index (χ1v) is 3.37. The van der Waals surface area contributed by atoms with Gasteiger partial charge in [0.05, 0.1) is 11.3 Å². The lowest BCUT2D eigenvalue weighted by atomic mass is 10.4. The molecule has 0 amide bonds. The molecule has 1 aromatic heterocycles. The Kier molecular flexibility index (Phi) is 2.39. The Hall–Kier alpha value is -0.900. The smallest absolute Gasteiger partial charge is 0.153 e. The van der Waals surface area contributed by atoms with E-state index in [1.807, 2.05) is 0 Å². The largest absolute Gasteiger partial charge is 0.298 e. The molecule has 52 valence electrons. The third-order valence-corrected chi connectivity index (χ3v) is 1.29. The summed E-state index contributed by atoms with van der Waals surface area (Å²) >= 11 is 3.96. The van der Waals surface area contributed by atoms with Gasteiger partial charge in [0.15, 0.2) is 6.29 Å². The molecule has 0 atom stereocenters. The van der Waals surface area contributed by atoms with Crippen molar-refractivity contribution in [2.75, 3.05) is 0 Å². The van der Waals surface area contributed by atoms with Gasteiger partial charge in [-0.3, -0.25) is 4.79 Å². The molecule has 0 aliphatic carbocycles. The summed E-state index contributed by atoms with van der Waals surface area (Å²) in [7, 11) is 0. The summed E-state index contributed by atoms with van der Waals surface area (Å²) in [5, 5.41) is 0. The number of rotatable bonds is 2. The van der Waals surface area contributed by atoms with Gasteiger partial charge in [-0.15, -0.1) is 0 Å². The third-order valence-electron chi connectivity index (χ3n) is 1.00. The number of aldehydes is 1. The second-order valence-electron chi connectivity index (χ2n) is 1.71. The van der Waals surface area contributed by atoms with E-state index in [0.717, 1.165) is 0 Å².